The number of imide groups is 1. The highest BCUT2D eigenvalue weighted by Gasteiger charge is 2.36. The highest BCUT2D eigenvalue weighted by molar-refractivity contribution is 6.23. The lowest BCUT2D eigenvalue weighted by atomic mass is 10.0. The Balaban J connectivity index is 0.000000188. The zero-order chi connectivity index (χ0) is 17.8. The molecule has 0 fully saturated rings. The third-order valence-electron chi connectivity index (χ3n) is 4.22. The molecule has 2 aromatic carbocycles. The first-order valence-corrected chi connectivity index (χ1v) is 8.31. The lowest BCUT2D eigenvalue weighted by Crippen LogP contribution is -2.30. The molecule has 3 aliphatic heterocycles. The molecule has 3 heterocycles. The highest BCUT2D eigenvalue weighted by atomic mass is 16.5. The van der Waals surface area contributed by atoms with Gasteiger partial charge in [-0.2, -0.15) is 0 Å². The van der Waals surface area contributed by atoms with E-state index in [-0.39, 0.29) is 17.4 Å². The SMILES string of the molecule is CCCCN1C(=O)c2cccc(C=O)c2C1=O.c1cc2ccc1CO2. The molecule has 2 bridgehead atoms. The van der Waals surface area contributed by atoms with Gasteiger partial charge in [0.05, 0.1) is 11.1 Å². The van der Waals surface area contributed by atoms with Gasteiger partial charge in [0.1, 0.15) is 12.4 Å². The summed E-state index contributed by atoms with van der Waals surface area (Å²) in [5.41, 5.74) is 2.15. The van der Waals surface area contributed by atoms with Crippen LogP contribution < -0.4 is 4.74 Å². The predicted molar refractivity (Wildman–Crippen MR) is 92.9 cm³/mol. The summed E-state index contributed by atoms with van der Waals surface area (Å²) in [4.78, 5) is 36.1. The van der Waals surface area contributed by atoms with E-state index < -0.39 is 0 Å². The molecule has 3 aliphatic rings. The van der Waals surface area contributed by atoms with Gasteiger partial charge in [-0.05, 0) is 30.2 Å². The Labute approximate surface area is 146 Å². The molecule has 0 spiro atoms. The van der Waals surface area contributed by atoms with E-state index in [1.165, 1.54) is 10.5 Å². The van der Waals surface area contributed by atoms with Crippen LogP contribution in [0.4, 0.5) is 0 Å². The Bertz CT molecular complexity index is 788. The maximum Gasteiger partial charge on any atom is 0.262 e. The number of benzene rings is 2. The van der Waals surface area contributed by atoms with E-state index in [2.05, 4.69) is 12.1 Å². The standard InChI is InChI=1S/C13H13NO3.C7H6O/c1-2-3-7-14-12(16)10-6-4-5-9(8-15)11(10)13(14)17;1-3-7-4-2-6(1)5-8-7/h4-6,8H,2-3,7H2,1H3;1-4H,5H2. The van der Waals surface area contributed by atoms with Gasteiger partial charge in [0.2, 0.25) is 0 Å². The minimum atomic E-state index is -0.346. The molecule has 0 saturated heterocycles. The second kappa shape index (κ2) is 7.30. The van der Waals surface area contributed by atoms with Crippen molar-refractivity contribution in [1.82, 2.24) is 4.90 Å². The van der Waals surface area contributed by atoms with Crippen LogP contribution in [0.1, 0.15) is 56.4 Å². The summed E-state index contributed by atoms with van der Waals surface area (Å²) in [7, 11) is 0. The summed E-state index contributed by atoms with van der Waals surface area (Å²) < 4.78 is 5.18. The van der Waals surface area contributed by atoms with Crippen LogP contribution in [-0.4, -0.2) is 29.5 Å². The van der Waals surface area contributed by atoms with Crippen LogP contribution in [0, 0.1) is 0 Å². The van der Waals surface area contributed by atoms with Gasteiger partial charge < -0.3 is 4.74 Å². The number of amides is 2. The lowest BCUT2D eigenvalue weighted by Gasteiger charge is -2.12. The molecule has 2 amide bonds. The van der Waals surface area contributed by atoms with E-state index in [9.17, 15) is 14.4 Å². The third kappa shape index (κ3) is 3.31. The second-order valence-electron chi connectivity index (χ2n) is 5.94. The quantitative estimate of drug-likeness (QED) is 0.633. The molecule has 5 rings (SSSR count). The monoisotopic (exact) mass is 337 g/mol. The molecule has 0 atom stereocenters. The molecular formula is C20H19NO4. The number of hydrogen-bond donors (Lipinski definition) is 0. The topological polar surface area (TPSA) is 63.7 Å². The number of unbranched alkanes of at least 4 members (excludes halogenated alkanes) is 1. The number of aldehydes is 1. The predicted octanol–water partition coefficient (Wildman–Crippen LogP) is 3.47. The van der Waals surface area contributed by atoms with E-state index >= 15 is 0 Å². The normalized spacial score (nSPS) is 13.9. The van der Waals surface area contributed by atoms with Crippen molar-refractivity contribution < 1.29 is 19.1 Å². The average Bonchev–Trinajstić information content (AvgIpc) is 2.93. The maximum absolute atomic E-state index is 12.0. The first-order chi connectivity index (χ1) is 12.2. The van der Waals surface area contributed by atoms with Crippen molar-refractivity contribution in [2.24, 2.45) is 0 Å². The van der Waals surface area contributed by atoms with Crippen molar-refractivity contribution in [2.75, 3.05) is 6.54 Å². The van der Waals surface area contributed by atoms with Crippen molar-refractivity contribution >= 4 is 18.1 Å². The molecular weight excluding hydrogens is 318 g/mol. The Kier molecular flexibility index (Phi) is 4.93. The number of nitrogens with zero attached hydrogens (tertiary/aromatic N) is 1. The molecule has 25 heavy (non-hydrogen) atoms. The number of hydrogen-bond acceptors (Lipinski definition) is 4. The van der Waals surface area contributed by atoms with Crippen LogP contribution in [-0.2, 0) is 6.61 Å². The van der Waals surface area contributed by atoms with Gasteiger partial charge in [-0.1, -0.05) is 37.6 Å². The fourth-order valence-corrected chi connectivity index (χ4v) is 2.83. The van der Waals surface area contributed by atoms with E-state index in [0.717, 1.165) is 25.2 Å². The molecule has 5 heteroatoms. The fourth-order valence-electron chi connectivity index (χ4n) is 2.83. The van der Waals surface area contributed by atoms with Crippen LogP contribution in [0.5, 0.6) is 5.75 Å². The first-order valence-electron chi connectivity index (χ1n) is 8.31. The molecule has 0 aliphatic carbocycles. The molecule has 5 nitrogen and oxygen atoms in total. The van der Waals surface area contributed by atoms with Gasteiger partial charge in [0, 0.05) is 12.1 Å². The summed E-state index contributed by atoms with van der Waals surface area (Å²) in [5, 5.41) is 0. The van der Waals surface area contributed by atoms with Gasteiger partial charge in [-0.25, -0.2) is 0 Å². The van der Waals surface area contributed by atoms with Crippen LogP contribution in [0.15, 0.2) is 42.5 Å². The van der Waals surface area contributed by atoms with Crippen molar-refractivity contribution in [2.45, 2.75) is 26.4 Å². The zero-order valence-corrected chi connectivity index (χ0v) is 14.0. The number of carbonyl (C=O) groups is 3. The molecule has 0 saturated carbocycles. The molecule has 0 radical (unpaired) electrons. The van der Waals surface area contributed by atoms with Crippen molar-refractivity contribution in [3.8, 4) is 5.75 Å². The second-order valence-corrected chi connectivity index (χ2v) is 5.94. The summed E-state index contributed by atoms with van der Waals surface area (Å²) >= 11 is 0. The summed E-state index contributed by atoms with van der Waals surface area (Å²) in [6, 6.07) is 12.9. The van der Waals surface area contributed by atoms with E-state index in [4.69, 9.17) is 4.74 Å². The molecule has 0 unspecified atom stereocenters. The van der Waals surface area contributed by atoms with E-state index in [1.807, 2.05) is 19.1 Å². The van der Waals surface area contributed by atoms with E-state index in [1.54, 1.807) is 18.2 Å². The minimum absolute atomic E-state index is 0.253. The third-order valence-corrected chi connectivity index (χ3v) is 4.22. The molecule has 0 N–H and O–H groups in total. The lowest BCUT2D eigenvalue weighted by molar-refractivity contribution is 0.0651. The van der Waals surface area contributed by atoms with Crippen LogP contribution in [0.2, 0.25) is 0 Å². The molecule has 2 aromatic rings. The van der Waals surface area contributed by atoms with E-state index in [0.29, 0.717) is 24.0 Å². The number of rotatable bonds is 4. The first kappa shape index (κ1) is 16.9. The number of carbonyl (C=O) groups excluding carboxylic acids is 3. The van der Waals surface area contributed by atoms with Crippen molar-refractivity contribution in [3.63, 3.8) is 0 Å². The Morgan fingerprint density at radius 3 is 2.32 bits per heavy atom. The minimum Gasteiger partial charge on any atom is -0.489 e. The fraction of sp³-hybridized carbons (Fsp3) is 0.250. The molecule has 0 aromatic heterocycles. The van der Waals surface area contributed by atoms with Crippen LogP contribution in [0.3, 0.4) is 0 Å². The Hall–Kier alpha value is -2.95. The molecule has 128 valence electrons. The van der Waals surface area contributed by atoms with Gasteiger partial charge in [0.25, 0.3) is 11.8 Å². The van der Waals surface area contributed by atoms with Crippen molar-refractivity contribution in [1.29, 1.82) is 0 Å². The largest absolute Gasteiger partial charge is 0.489 e. The van der Waals surface area contributed by atoms with Gasteiger partial charge in [-0.15, -0.1) is 0 Å². The smallest absolute Gasteiger partial charge is 0.262 e. The van der Waals surface area contributed by atoms with Gasteiger partial charge in [-0.3, -0.25) is 19.3 Å². The van der Waals surface area contributed by atoms with Crippen LogP contribution in [0.25, 0.3) is 0 Å². The summed E-state index contributed by atoms with van der Waals surface area (Å²) in [5.74, 6) is 0.350. The summed E-state index contributed by atoms with van der Waals surface area (Å²) in [6.07, 6.45) is 2.31. The number of fused-ring (bicyclic) bond motifs is 4. The number of ether oxygens (including phenoxy) is 1. The van der Waals surface area contributed by atoms with Gasteiger partial charge in [0.15, 0.2) is 6.29 Å². The summed E-state index contributed by atoms with van der Waals surface area (Å²) in [6.45, 7) is 3.18. The Morgan fingerprint density at radius 2 is 1.84 bits per heavy atom. The Morgan fingerprint density at radius 1 is 1.08 bits per heavy atom. The van der Waals surface area contributed by atoms with Crippen LogP contribution >= 0.6 is 0 Å². The van der Waals surface area contributed by atoms with Gasteiger partial charge >= 0.3 is 0 Å². The maximum atomic E-state index is 12.0. The average molecular weight is 337 g/mol. The zero-order valence-electron chi connectivity index (χ0n) is 14.0. The highest BCUT2D eigenvalue weighted by Crippen LogP contribution is 2.25. The van der Waals surface area contributed by atoms with Crippen molar-refractivity contribution in [3.05, 3.63) is 64.7 Å².